The van der Waals surface area contributed by atoms with E-state index >= 15 is 0 Å². The second-order valence-electron chi connectivity index (χ2n) is 11.3. The summed E-state index contributed by atoms with van der Waals surface area (Å²) in [7, 11) is 0. The van der Waals surface area contributed by atoms with E-state index in [1.165, 1.54) is 6.07 Å². The summed E-state index contributed by atoms with van der Waals surface area (Å²) >= 11 is 6.26. The number of benzene rings is 1. The lowest BCUT2D eigenvalue weighted by atomic mass is 9.73. The fraction of sp³-hybridized carbons (Fsp3) is 0.481. The molecule has 194 valence electrons. The maximum absolute atomic E-state index is 14.4. The number of carbonyl (C=O) groups is 1. The number of alkyl halides is 3. The number of aliphatic hydroxyl groups is 1. The molecule has 3 heterocycles. The number of hydrogen-bond acceptors (Lipinski definition) is 4. The topological polar surface area (TPSA) is 75.2 Å². The molecule has 0 fully saturated rings. The van der Waals surface area contributed by atoms with Gasteiger partial charge in [-0.25, -0.2) is 4.98 Å². The van der Waals surface area contributed by atoms with Gasteiger partial charge in [-0.05, 0) is 47.7 Å². The number of fused-ring (bicyclic) bond motifs is 2. The van der Waals surface area contributed by atoms with Crippen molar-refractivity contribution in [1.29, 1.82) is 0 Å². The molecule has 2 aromatic heterocycles. The molecule has 1 aromatic carbocycles. The predicted octanol–water partition coefficient (Wildman–Crippen LogP) is 6.58. The number of H-pyrrole nitrogens is 1. The van der Waals surface area contributed by atoms with Crippen LogP contribution in [0, 0.1) is 5.41 Å². The Morgan fingerprint density at radius 3 is 2.47 bits per heavy atom. The van der Waals surface area contributed by atoms with Crippen molar-refractivity contribution in [2.75, 3.05) is 6.61 Å². The normalized spacial score (nSPS) is 16.1. The number of aromatic amines is 1. The van der Waals surface area contributed by atoms with Gasteiger partial charge in [0.1, 0.15) is 11.4 Å². The van der Waals surface area contributed by atoms with E-state index in [9.17, 15) is 23.1 Å². The Morgan fingerprint density at radius 1 is 1.14 bits per heavy atom. The summed E-state index contributed by atoms with van der Waals surface area (Å²) in [4.78, 5) is 19.9. The molecular weight excluding hydrogens is 493 g/mol. The average Bonchev–Trinajstić information content (AvgIpc) is 3.35. The largest absolute Gasteiger partial charge is 0.493 e. The van der Waals surface area contributed by atoms with Crippen molar-refractivity contribution in [3.63, 3.8) is 0 Å². The van der Waals surface area contributed by atoms with Gasteiger partial charge in [0, 0.05) is 34.5 Å². The molecule has 0 saturated carbocycles. The van der Waals surface area contributed by atoms with Gasteiger partial charge in [0.15, 0.2) is 11.4 Å². The first kappa shape index (κ1) is 26.5. The fourth-order valence-electron chi connectivity index (χ4n) is 4.85. The van der Waals surface area contributed by atoms with E-state index < -0.39 is 35.4 Å². The van der Waals surface area contributed by atoms with Gasteiger partial charge in [-0.15, -0.1) is 0 Å². The molecule has 1 atom stereocenters. The highest BCUT2D eigenvalue weighted by Gasteiger charge is 2.56. The highest BCUT2D eigenvalue weighted by Crippen LogP contribution is 2.47. The van der Waals surface area contributed by atoms with Gasteiger partial charge in [0.25, 0.3) is 0 Å². The second-order valence-corrected chi connectivity index (χ2v) is 11.7. The molecule has 5 nitrogen and oxygen atoms in total. The number of Topliss-reactive ketones (excluding diaryl/α,β-unsaturated/α-hetero) is 1. The molecular formula is C27H30ClF3N2O3. The van der Waals surface area contributed by atoms with Crippen LogP contribution >= 0.6 is 11.6 Å². The summed E-state index contributed by atoms with van der Waals surface area (Å²) in [5.74, 6) is 0.372. The number of halogens is 4. The number of nitrogens with zero attached hydrogens (tertiary/aromatic N) is 1. The highest BCUT2D eigenvalue weighted by atomic mass is 35.5. The molecule has 4 rings (SSSR count). The van der Waals surface area contributed by atoms with Crippen LogP contribution in [0.15, 0.2) is 30.3 Å². The van der Waals surface area contributed by atoms with Crippen molar-refractivity contribution < 1.29 is 27.8 Å². The molecule has 0 saturated heterocycles. The zero-order valence-electron chi connectivity index (χ0n) is 20.9. The highest BCUT2D eigenvalue weighted by molar-refractivity contribution is 6.30. The lowest BCUT2D eigenvalue weighted by Crippen LogP contribution is -2.51. The summed E-state index contributed by atoms with van der Waals surface area (Å²) in [6.07, 6.45) is -5.60. The third-order valence-electron chi connectivity index (χ3n) is 6.67. The molecule has 0 amide bonds. The third kappa shape index (κ3) is 4.98. The smallest absolute Gasteiger partial charge is 0.417 e. The summed E-state index contributed by atoms with van der Waals surface area (Å²) in [6.45, 7) is 9.05. The third-order valence-corrected chi connectivity index (χ3v) is 6.89. The minimum Gasteiger partial charge on any atom is -0.493 e. The van der Waals surface area contributed by atoms with Crippen LogP contribution in [0.3, 0.4) is 0 Å². The van der Waals surface area contributed by atoms with Crippen molar-refractivity contribution >= 4 is 28.4 Å². The summed E-state index contributed by atoms with van der Waals surface area (Å²) in [5, 5.41) is 11.5. The Morgan fingerprint density at radius 2 is 1.83 bits per heavy atom. The number of rotatable bonds is 6. The molecule has 2 N–H and O–H groups in total. The second kappa shape index (κ2) is 8.77. The van der Waals surface area contributed by atoms with E-state index in [1.54, 1.807) is 58.9 Å². The number of carbonyl (C=O) groups excluding carboxylic acids is 1. The van der Waals surface area contributed by atoms with Gasteiger partial charge in [-0.1, -0.05) is 46.2 Å². The van der Waals surface area contributed by atoms with E-state index in [4.69, 9.17) is 16.3 Å². The molecule has 1 aliphatic heterocycles. The van der Waals surface area contributed by atoms with E-state index in [2.05, 4.69) is 9.97 Å². The molecule has 0 spiro atoms. The Kier molecular flexibility index (Phi) is 6.45. The average molecular weight is 523 g/mol. The van der Waals surface area contributed by atoms with Crippen molar-refractivity contribution in [3.05, 3.63) is 57.9 Å². The number of hydrogen-bond donors (Lipinski definition) is 2. The number of ether oxygens (including phenoxy) is 1. The molecule has 36 heavy (non-hydrogen) atoms. The first-order valence-corrected chi connectivity index (χ1v) is 12.2. The zero-order valence-corrected chi connectivity index (χ0v) is 21.7. The monoisotopic (exact) mass is 522 g/mol. The standard InChI is InChI=1S/C27H30ClF3N2O3/c1-24(2,3)23(34)20-7-6-19-21(33-20)12-17(32-19)13-26(35,27(29,30)31)14-25(4,5)18-11-16(28)10-15-8-9-36-22(15)18/h6-7,10-12,32,35H,8-9,13-14H2,1-5H3. The van der Waals surface area contributed by atoms with Gasteiger partial charge in [-0.2, -0.15) is 13.2 Å². The predicted molar refractivity (Wildman–Crippen MR) is 133 cm³/mol. The van der Waals surface area contributed by atoms with Crippen molar-refractivity contribution in [2.45, 2.75) is 71.1 Å². The van der Waals surface area contributed by atoms with Gasteiger partial charge in [0.2, 0.25) is 0 Å². The molecule has 0 radical (unpaired) electrons. The lowest BCUT2D eigenvalue weighted by Gasteiger charge is -2.38. The number of nitrogens with one attached hydrogen (secondary N) is 1. The Labute approximate surface area is 213 Å². The first-order chi connectivity index (χ1) is 16.5. The van der Waals surface area contributed by atoms with Gasteiger partial charge in [0.05, 0.1) is 17.6 Å². The molecule has 0 aliphatic carbocycles. The van der Waals surface area contributed by atoms with Crippen molar-refractivity contribution in [2.24, 2.45) is 5.41 Å². The summed E-state index contributed by atoms with van der Waals surface area (Å²) in [6, 6.07) is 8.00. The molecule has 1 aliphatic rings. The number of ketones is 1. The Bertz CT molecular complexity index is 1320. The molecule has 1 unspecified atom stereocenters. The Balaban J connectivity index is 1.68. The van der Waals surface area contributed by atoms with Crippen molar-refractivity contribution in [3.8, 4) is 5.75 Å². The quantitative estimate of drug-likeness (QED) is 0.358. The van der Waals surface area contributed by atoms with Crippen LogP contribution in [0.4, 0.5) is 13.2 Å². The minimum atomic E-state index is -4.91. The van der Waals surface area contributed by atoms with E-state index in [1.807, 2.05) is 0 Å². The number of pyridine rings is 1. The maximum Gasteiger partial charge on any atom is 0.417 e. The van der Waals surface area contributed by atoms with Crippen LogP contribution in [0.2, 0.25) is 5.02 Å². The summed E-state index contributed by atoms with van der Waals surface area (Å²) < 4.78 is 48.8. The summed E-state index contributed by atoms with van der Waals surface area (Å²) in [5.41, 5.74) is -2.16. The SMILES string of the molecule is CC(C)(C)C(=O)c1ccc2[nH]c(CC(O)(CC(C)(C)c3cc(Cl)cc4c3OCC4)C(F)(F)F)cc2n1. The maximum atomic E-state index is 14.4. The molecule has 0 bridgehead atoms. The molecule has 3 aromatic rings. The minimum absolute atomic E-state index is 0.168. The fourth-order valence-corrected chi connectivity index (χ4v) is 5.09. The first-order valence-electron chi connectivity index (χ1n) is 11.8. The van der Waals surface area contributed by atoms with Gasteiger partial charge in [-0.3, -0.25) is 4.79 Å². The van der Waals surface area contributed by atoms with Crippen LogP contribution in [-0.4, -0.2) is 39.2 Å². The van der Waals surface area contributed by atoms with Crippen LogP contribution < -0.4 is 4.74 Å². The van der Waals surface area contributed by atoms with Gasteiger partial charge >= 0.3 is 6.18 Å². The zero-order chi connectivity index (χ0) is 26.7. The van der Waals surface area contributed by atoms with Crippen LogP contribution in [0.1, 0.15) is 68.3 Å². The van der Waals surface area contributed by atoms with Crippen LogP contribution in [-0.2, 0) is 18.3 Å². The Hall–Kier alpha value is -2.58. The van der Waals surface area contributed by atoms with Crippen LogP contribution in [0.25, 0.3) is 11.0 Å². The van der Waals surface area contributed by atoms with Crippen LogP contribution in [0.5, 0.6) is 5.75 Å². The van der Waals surface area contributed by atoms with Gasteiger partial charge < -0.3 is 14.8 Å². The van der Waals surface area contributed by atoms with E-state index in [0.717, 1.165) is 5.56 Å². The van der Waals surface area contributed by atoms with Crippen molar-refractivity contribution in [1.82, 2.24) is 9.97 Å². The molecule has 9 heteroatoms. The van der Waals surface area contributed by atoms with E-state index in [-0.39, 0.29) is 17.2 Å². The van der Waals surface area contributed by atoms with E-state index in [0.29, 0.717) is 40.4 Å². The number of aromatic nitrogens is 2. The lowest BCUT2D eigenvalue weighted by molar-refractivity contribution is -0.266.